The highest BCUT2D eigenvalue weighted by molar-refractivity contribution is 7.91. The van der Waals surface area contributed by atoms with Gasteiger partial charge in [0.2, 0.25) is 0 Å². The van der Waals surface area contributed by atoms with E-state index in [4.69, 9.17) is 0 Å². The topological polar surface area (TPSA) is 58.5 Å². The van der Waals surface area contributed by atoms with Crippen molar-refractivity contribution in [3.05, 3.63) is 29.8 Å². The first-order valence-electron chi connectivity index (χ1n) is 8.43. The van der Waals surface area contributed by atoms with Gasteiger partial charge in [0.1, 0.15) is 5.84 Å². The summed E-state index contributed by atoms with van der Waals surface area (Å²) in [6.07, 6.45) is -5.77. The molecule has 0 amide bonds. The summed E-state index contributed by atoms with van der Waals surface area (Å²) < 4.78 is 145. The number of nitrogens with one attached hydrogen (secondary N) is 1. The second-order valence-corrected chi connectivity index (χ2v) is 8.68. The average Bonchev–Trinajstić information content (AvgIpc) is 3.21. The molecule has 1 aromatic carbocycles. The van der Waals surface area contributed by atoms with E-state index >= 15 is 0 Å². The minimum absolute atomic E-state index is 0.187. The molecule has 1 fully saturated rings. The Labute approximate surface area is 164 Å². The van der Waals surface area contributed by atoms with E-state index in [1.165, 1.54) is 18.2 Å². The van der Waals surface area contributed by atoms with Gasteiger partial charge >= 0.3 is 33.3 Å². The van der Waals surface area contributed by atoms with E-state index in [0.717, 1.165) is 0 Å². The molecule has 1 aromatic rings. The molecule has 0 aromatic heterocycles. The molecule has 0 bridgehead atoms. The van der Waals surface area contributed by atoms with Gasteiger partial charge in [0.05, 0.1) is 5.41 Å². The van der Waals surface area contributed by atoms with E-state index in [2.05, 4.69) is 9.71 Å². The number of amidine groups is 1. The third-order valence-corrected chi connectivity index (χ3v) is 6.58. The Bertz CT molecular complexity index is 981. The van der Waals surface area contributed by atoms with Crippen molar-refractivity contribution in [1.29, 1.82) is 0 Å². The number of anilines is 1. The summed E-state index contributed by atoms with van der Waals surface area (Å²) in [6.45, 7) is 0. The van der Waals surface area contributed by atoms with E-state index in [0.29, 0.717) is 18.4 Å². The Morgan fingerprint density at radius 2 is 1.40 bits per heavy atom. The molecular weight excluding hydrogens is 455 g/mol. The third-order valence-electron chi connectivity index (χ3n) is 5.26. The zero-order valence-electron chi connectivity index (χ0n) is 14.7. The summed E-state index contributed by atoms with van der Waals surface area (Å²) in [5, 5.41) is -4.45. The Kier molecular flexibility index (Phi) is 4.92. The number of para-hydroxylation sites is 1. The molecule has 1 aliphatic heterocycles. The van der Waals surface area contributed by atoms with Crippen LogP contribution in [-0.4, -0.2) is 37.5 Å². The zero-order valence-corrected chi connectivity index (χ0v) is 15.5. The van der Waals surface area contributed by atoms with Crippen molar-refractivity contribution in [3.63, 3.8) is 0 Å². The van der Waals surface area contributed by atoms with Gasteiger partial charge < -0.3 is 5.32 Å². The van der Waals surface area contributed by atoms with Crippen LogP contribution in [0.25, 0.3) is 0 Å². The minimum Gasteiger partial charge on any atom is -0.342 e. The molecule has 0 radical (unpaired) electrons. The number of fused-ring (bicyclic) bond motifs is 2. The lowest BCUT2D eigenvalue weighted by Gasteiger charge is -2.32. The molecular formula is C16H13F9N2O2S. The normalized spacial score (nSPS) is 21.2. The molecule has 0 atom stereocenters. The van der Waals surface area contributed by atoms with Crippen LogP contribution in [0, 0.1) is 0 Å². The fourth-order valence-electron chi connectivity index (χ4n) is 3.68. The zero-order chi connectivity index (χ0) is 22.8. The van der Waals surface area contributed by atoms with Gasteiger partial charge in [0.25, 0.3) is 0 Å². The second kappa shape index (κ2) is 6.50. The standard InChI is InChI=1S/C16H13F9N2O2S/c17-13(18,15(21,22)23)14(19,20)16(24,25)30(28,29)27-11-12(7-3-4-8-12)9-5-1-2-6-10(9)26-11/h1-2,5-6H,3-4,7-8H2,(H,26,27). The van der Waals surface area contributed by atoms with Gasteiger partial charge in [-0.15, -0.1) is 4.40 Å². The van der Waals surface area contributed by atoms with Crippen molar-refractivity contribution in [3.8, 4) is 0 Å². The lowest BCUT2D eigenvalue weighted by Crippen LogP contribution is -2.63. The maximum Gasteiger partial charge on any atom is 0.460 e. The molecule has 4 nitrogen and oxygen atoms in total. The van der Waals surface area contributed by atoms with Crippen LogP contribution < -0.4 is 5.32 Å². The quantitative estimate of drug-likeness (QED) is 0.628. The van der Waals surface area contributed by atoms with Gasteiger partial charge in [-0.3, -0.25) is 0 Å². The van der Waals surface area contributed by atoms with Crippen LogP contribution in [0.2, 0.25) is 0 Å². The van der Waals surface area contributed by atoms with Crippen LogP contribution in [0.15, 0.2) is 28.7 Å². The fraction of sp³-hybridized carbons (Fsp3) is 0.562. The van der Waals surface area contributed by atoms with Crippen molar-refractivity contribution < 1.29 is 47.9 Å². The minimum atomic E-state index is -7.33. The monoisotopic (exact) mass is 468 g/mol. The van der Waals surface area contributed by atoms with Crippen molar-refractivity contribution in [2.24, 2.45) is 4.40 Å². The number of hydrogen-bond donors (Lipinski definition) is 1. The number of hydrogen-bond acceptors (Lipinski definition) is 2. The van der Waals surface area contributed by atoms with Crippen molar-refractivity contribution >= 4 is 21.5 Å². The van der Waals surface area contributed by atoms with Gasteiger partial charge in [-0.25, -0.2) is 0 Å². The Morgan fingerprint density at radius 3 is 1.93 bits per heavy atom. The molecule has 1 heterocycles. The number of sulfonamides is 1. The maximum absolute atomic E-state index is 14.0. The highest BCUT2D eigenvalue weighted by Crippen LogP contribution is 2.56. The van der Waals surface area contributed by atoms with Gasteiger partial charge in [-0.1, -0.05) is 31.0 Å². The van der Waals surface area contributed by atoms with Gasteiger partial charge in [-0.2, -0.15) is 47.9 Å². The number of rotatable bonds is 4. The summed E-state index contributed by atoms with van der Waals surface area (Å²) in [4.78, 5) is 0. The Hall–Kier alpha value is -1.99. The predicted octanol–water partition coefficient (Wildman–Crippen LogP) is 5.08. The van der Waals surface area contributed by atoms with Gasteiger partial charge in [-0.05, 0) is 24.5 Å². The van der Waals surface area contributed by atoms with E-state index in [9.17, 15) is 47.9 Å². The second-order valence-electron chi connectivity index (χ2n) is 7.04. The van der Waals surface area contributed by atoms with Crippen molar-refractivity contribution in [2.75, 3.05) is 5.32 Å². The molecule has 0 unspecified atom stereocenters. The summed E-state index contributed by atoms with van der Waals surface area (Å²) in [5.41, 5.74) is -0.599. The molecule has 14 heteroatoms. The molecule has 168 valence electrons. The third kappa shape index (κ3) is 2.89. The maximum atomic E-state index is 14.0. The summed E-state index contributed by atoms with van der Waals surface area (Å²) >= 11 is 0. The van der Waals surface area contributed by atoms with Crippen LogP contribution in [0.5, 0.6) is 0 Å². The molecule has 1 saturated carbocycles. The molecule has 3 rings (SSSR count). The first-order chi connectivity index (χ1) is 13.5. The van der Waals surface area contributed by atoms with E-state index in [1.54, 1.807) is 6.07 Å². The molecule has 1 N–H and O–H groups in total. The number of nitrogens with zero attached hydrogens (tertiary/aromatic N) is 1. The molecule has 30 heavy (non-hydrogen) atoms. The van der Waals surface area contributed by atoms with E-state index in [-0.39, 0.29) is 18.5 Å². The van der Waals surface area contributed by atoms with Crippen LogP contribution in [0.3, 0.4) is 0 Å². The summed E-state index contributed by atoms with van der Waals surface area (Å²) in [5.74, 6) is -15.4. The fourth-order valence-corrected chi connectivity index (χ4v) is 4.71. The van der Waals surface area contributed by atoms with Crippen LogP contribution in [-0.2, 0) is 15.4 Å². The van der Waals surface area contributed by atoms with Crippen molar-refractivity contribution in [2.45, 2.75) is 54.4 Å². The molecule has 2 aliphatic rings. The van der Waals surface area contributed by atoms with E-state index in [1.807, 2.05) is 0 Å². The molecule has 0 saturated heterocycles. The molecule has 1 aliphatic carbocycles. The number of benzene rings is 1. The smallest absolute Gasteiger partial charge is 0.342 e. The Balaban J connectivity index is 2.11. The average molecular weight is 468 g/mol. The number of alkyl halides is 9. The van der Waals surface area contributed by atoms with Gasteiger partial charge in [0, 0.05) is 5.69 Å². The highest BCUT2D eigenvalue weighted by Gasteiger charge is 2.85. The van der Waals surface area contributed by atoms with Crippen LogP contribution in [0.1, 0.15) is 31.2 Å². The SMILES string of the molecule is O=S(=O)(/N=C1\Nc2ccccc2C12CCCC2)C(F)(F)C(F)(F)C(F)(F)C(F)(F)F. The summed E-state index contributed by atoms with van der Waals surface area (Å²) in [6, 6.07) is 5.99. The Morgan fingerprint density at radius 1 is 0.867 bits per heavy atom. The predicted molar refractivity (Wildman–Crippen MR) is 87.5 cm³/mol. The number of halogens is 9. The van der Waals surface area contributed by atoms with Crippen LogP contribution >= 0.6 is 0 Å². The first kappa shape index (κ1) is 22.7. The first-order valence-corrected chi connectivity index (χ1v) is 9.87. The largest absolute Gasteiger partial charge is 0.460 e. The lowest BCUT2D eigenvalue weighted by molar-refractivity contribution is -0.382. The highest BCUT2D eigenvalue weighted by atomic mass is 32.2. The molecule has 1 spiro atoms. The van der Waals surface area contributed by atoms with Gasteiger partial charge in [0.15, 0.2) is 0 Å². The van der Waals surface area contributed by atoms with Crippen LogP contribution in [0.4, 0.5) is 45.2 Å². The van der Waals surface area contributed by atoms with E-state index < -0.39 is 44.5 Å². The summed E-state index contributed by atoms with van der Waals surface area (Å²) in [7, 11) is -6.86. The lowest BCUT2D eigenvalue weighted by atomic mass is 9.80. The van der Waals surface area contributed by atoms with Crippen molar-refractivity contribution in [1.82, 2.24) is 0 Å².